The summed E-state index contributed by atoms with van der Waals surface area (Å²) in [6, 6.07) is 6.64. The number of hydrogen-bond donors (Lipinski definition) is 1. The molecule has 1 aliphatic carbocycles. The number of ether oxygens (including phenoxy) is 1. The number of esters is 1. The van der Waals surface area contributed by atoms with Crippen LogP contribution in [0.3, 0.4) is 0 Å². The fraction of sp³-hybridized carbons (Fsp3) is 0.444. The quantitative estimate of drug-likeness (QED) is 0.355. The van der Waals surface area contributed by atoms with E-state index in [-0.39, 0.29) is 21.5 Å². The number of halogens is 3. The number of carbonyl (C=O) groups is 4. The number of benzene rings is 1. The zero-order valence-electron chi connectivity index (χ0n) is 14.6. The number of alkyl halides is 2. The average Bonchev–Trinajstić information content (AvgIpc) is 2.87. The second-order valence-corrected chi connectivity index (χ2v) is 9.43. The standard InChI is InChI=1S/C18H17Br2ClN2O5/c19-11-5-9-10(6-12(11)20)18(27)23(17(9)26)7-16(25)28-8-15(24)22-14-4-2-1-3-13(14)21/h1-4,9-12H,5-8H2,(H,22,24)/t9-,10-,11-,12+/m1/s1. The molecule has 0 bridgehead atoms. The summed E-state index contributed by atoms with van der Waals surface area (Å²) in [5.74, 6) is -2.98. The molecule has 1 saturated carbocycles. The van der Waals surface area contributed by atoms with E-state index in [4.69, 9.17) is 16.3 Å². The SMILES string of the molecule is O=C(COC(=O)CN1C(=O)[C@@H]2C[C@@H](Br)[C@@H](Br)C[C@H]2C1=O)Nc1ccccc1Cl. The van der Waals surface area contributed by atoms with Crippen molar-refractivity contribution in [3.05, 3.63) is 29.3 Å². The topological polar surface area (TPSA) is 92.8 Å². The van der Waals surface area contributed by atoms with Crippen molar-refractivity contribution in [1.82, 2.24) is 4.90 Å². The summed E-state index contributed by atoms with van der Waals surface area (Å²) in [7, 11) is 0. The lowest BCUT2D eigenvalue weighted by atomic mass is 9.81. The number of amides is 3. The van der Waals surface area contributed by atoms with Gasteiger partial charge >= 0.3 is 5.97 Å². The Balaban J connectivity index is 1.52. The average molecular weight is 537 g/mol. The number of fused-ring (bicyclic) bond motifs is 1. The largest absolute Gasteiger partial charge is 0.454 e. The highest BCUT2D eigenvalue weighted by molar-refractivity contribution is 9.12. The normalized spacial score (nSPS) is 26.8. The van der Waals surface area contributed by atoms with Gasteiger partial charge in [-0.1, -0.05) is 55.6 Å². The molecule has 1 aliphatic heterocycles. The first-order valence-corrected chi connectivity index (χ1v) is 10.8. The van der Waals surface area contributed by atoms with Crippen molar-refractivity contribution in [3.63, 3.8) is 0 Å². The van der Waals surface area contributed by atoms with Gasteiger partial charge in [0.15, 0.2) is 6.61 Å². The molecule has 0 aromatic heterocycles. The molecular weight excluding hydrogens is 519 g/mol. The van der Waals surface area contributed by atoms with Gasteiger partial charge in [-0.25, -0.2) is 0 Å². The highest BCUT2D eigenvalue weighted by Crippen LogP contribution is 2.43. The summed E-state index contributed by atoms with van der Waals surface area (Å²) < 4.78 is 4.91. The first-order chi connectivity index (χ1) is 13.3. The van der Waals surface area contributed by atoms with Crippen LogP contribution in [0, 0.1) is 11.8 Å². The summed E-state index contributed by atoms with van der Waals surface area (Å²) in [5.41, 5.74) is 0.396. The number of rotatable bonds is 5. The maximum absolute atomic E-state index is 12.5. The highest BCUT2D eigenvalue weighted by atomic mass is 79.9. The molecule has 1 heterocycles. The van der Waals surface area contributed by atoms with Crippen LogP contribution in [0.4, 0.5) is 5.69 Å². The first kappa shape index (κ1) is 21.3. The van der Waals surface area contributed by atoms with Crippen molar-refractivity contribution < 1.29 is 23.9 Å². The van der Waals surface area contributed by atoms with Crippen molar-refractivity contribution in [2.24, 2.45) is 11.8 Å². The summed E-state index contributed by atoms with van der Waals surface area (Å²) >= 11 is 13.0. The fourth-order valence-corrected chi connectivity index (χ4v) is 4.81. The zero-order chi connectivity index (χ0) is 20.4. The molecule has 150 valence electrons. The van der Waals surface area contributed by atoms with Crippen molar-refractivity contribution >= 4 is 72.8 Å². The lowest BCUT2D eigenvalue weighted by molar-refractivity contribution is -0.154. The van der Waals surface area contributed by atoms with Crippen molar-refractivity contribution in [3.8, 4) is 0 Å². The molecule has 3 rings (SSSR count). The van der Waals surface area contributed by atoms with E-state index in [2.05, 4.69) is 37.2 Å². The maximum atomic E-state index is 12.5. The molecule has 2 aliphatic rings. The van der Waals surface area contributed by atoms with Crippen molar-refractivity contribution in [1.29, 1.82) is 0 Å². The van der Waals surface area contributed by atoms with Crippen LogP contribution < -0.4 is 5.32 Å². The van der Waals surface area contributed by atoms with Crippen LogP contribution in [0.2, 0.25) is 5.02 Å². The molecular formula is C18H17Br2ClN2O5. The number of imide groups is 1. The third kappa shape index (κ3) is 4.58. The number of para-hydroxylation sites is 1. The highest BCUT2D eigenvalue weighted by Gasteiger charge is 2.52. The Morgan fingerprint density at radius 3 is 2.25 bits per heavy atom. The number of hydrogen-bond acceptors (Lipinski definition) is 5. The van der Waals surface area contributed by atoms with Gasteiger partial charge in [0.05, 0.1) is 22.5 Å². The van der Waals surface area contributed by atoms with Crippen LogP contribution in [-0.4, -0.2) is 51.4 Å². The molecule has 7 nitrogen and oxygen atoms in total. The molecule has 1 N–H and O–H groups in total. The lowest BCUT2D eigenvalue weighted by Gasteiger charge is -2.29. The first-order valence-electron chi connectivity index (χ1n) is 8.61. The molecule has 0 spiro atoms. The number of carbonyl (C=O) groups excluding carboxylic acids is 4. The van der Waals surface area contributed by atoms with E-state index in [9.17, 15) is 19.2 Å². The molecule has 10 heteroatoms. The van der Waals surface area contributed by atoms with Gasteiger partial charge in [0, 0.05) is 9.65 Å². The van der Waals surface area contributed by atoms with Crippen LogP contribution in [-0.2, 0) is 23.9 Å². The van der Waals surface area contributed by atoms with Crippen LogP contribution in [0.5, 0.6) is 0 Å². The van der Waals surface area contributed by atoms with E-state index < -0.39 is 36.9 Å². The summed E-state index contributed by atoms with van der Waals surface area (Å²) in [5, 5.41) is 2.88. The molecule has 0 radical (unpaired) electrons. The molecule has 0 unspecified atom stereocenters. The monoisotopic (exact) mass is 534 g/mol. The van der Waals surface area contributed by atoms with Crippen LogP contribution in [0.1, 0.15) is 12.8 Å². The van der Waals surface area contributed by atoms with Crippen LogP contribution >= 0.6 is 43.5 Å². The van der Waals surface area contributed by atoms with Crippen molar-refractivity contribution in [2.75, 3.05) is 18.5 Å². The van der Waals surface area contributed by atoms with Gasteiger partial charge in [-0.3, -0.25) is 24.1 Å². The Kier molecular flexibility index (Phi) is 6.77. The molecule has 1 saturated heterocycles. The van der Waals surface area contributed by atoms with Gasteiger partial charge in [0.25, 0.3) is 5.91 Å². The van der Waals surface area contributed by atoms with Gasteiger partial charge in [-0.2, -0.15) is 0 Å². The molecule has 2 fully saturated rings. The van der Waals surface area contributed by atoms with E-state index in [0.29, 0.717) is 23.6 Å². The second kappa shape index (κ2) is 8.92. The van der Waals surface area contributed by atoms with Gasteiger partial charge in [0.2, 0.25) is 11.8 Å². The van der Waals surface area contributed by atoms with Crippen molar-refractivity contribution in [2.45, 2.75) is 22.5 Å². The number of nitrogens with zero attached hydrogens (tertiary/aromatic N) is 1. The Morgan fingerprint density at radius 1 is 1.11 bits per heavy atom. The molecule has 1 aromatic carbocycles. The van der Waals surface area contributed by atoms with Crippen LogP contribution in [0.15, 0.2) is 24.3 Å². The minimum Gasteiger partial charge on any atom is -0.454 e. The van der Waals surface area contributed by atoms with Crippen LogP contribution in [0.25, 0.3) is 0 Å². The Morgan fingerprint density at radius 2 is 1.68 bits per heavy atom. The third-order valence-corrected chi connectivity index (χ3v) is 7.87. The number of nitrogens with one attached hydrogen (secondary N) is 1. The predicted octanol–water partition coefficient (Wildman–Crippen LogP) is 2.74. The predicted molar refractivity (Wildman–Crippen MR) is 109 cm³/mol. The Bertz CT molecular complexity index is 793. The number of anilines is 1. The fourth-order valence-electron chi connectivity index (χ4n) is 3.39. The summed E-state index contributed by atoms with van der Waals surface area (Å²) in [6.45, 7) is -1.04. The van der Waals surface area contributed by atoms with E-state index in [1.54, 1.807) is 24.3 Å². The lowest BCUT2D eigenvalue weighted by Crippen LogP contribution is -2.37. The van der Waals surface area contributed by atoms with Gasteiger partial charge in [0.1, 0.15) is 6.54 Å². The van der Waals surface area contributed by atoms with E-state index in [1.165, 1.54) is 0 Å². The van der Waals surface area contributed by atoms with E-state index >= 15 is 0 Å². The number of likely N-dealkylation sites (tertiary alicyclic amines) is 1. The Hall–Kier alpha value is -1.45. The van der Waals surface area contributed by atoms with E-state index in [1.807, 2.05) is 0 Å². The Labute approximate surface area is 183 Å². The molecule has 4 atom stereocenters. The zero-order valence-corrected chi connectivity index (χ0v) is 18.5. The van der Waals surface area contributed by atoms with Gasteiger partial charge in [-0.15, -0.1) is 0 Å². The second-order valence-electron chi connectivity index (χ2n) is 6.67. The summed E-state index contributed by atoms with van der Waals surface area (Å²) in [4.78, 5) is 50.1. The minimum absolute atomic E-state index is 0.0888. The van der Waals surface area contributed by atoms with E-state index in [0.717, 1.165) is 4.90 Å². The molecule has 28 heavy (non-hydrogen) atoms. The maximum Gasteiger partial charge on any atom is 0.326 e. The molecule has 1 aromatic rings. The van der Waals surface area contributed by atoms with Gasteiger partial charge < -0.3 is 10.1 Å². The minimum atomic E-state index is -0.819. The smallest absolute Gasteiger partial charge is 0.326 e. The third-order valence-electron chi connectivity index (χ3n) is 4.80. The summed E-state index contributed by atoms with van der Waals surface area (Å²) in [6.07, 6.45) is 1.05. The molecule has 3 amide bonds. The van der Waals surface area contributed by atoms with Gasteiger partial charge in [-0.05, 0) is 25.0 Å².